The smallest absolute Gasteiger partial charge is 0.256 e. The van der Waals surface area contributed by atoms with E-state index >= 15 is 0 Å². The summed E-state index contributed by atoms with van der Waals surface area (Å²) in [5, 5.41) is 2.99. The Balaban J connectivity index is 1.95. The number of hydrogen-bond acceptors (Lipinski definition) is 2. The van der Waals surface area contributed by atoms with Crippen LogP contribution in [0.1, 0.15) is 22.5 Å². The van der Waals surface area contributed by atoms with Gasteiger partial charge in [-0.3, -0.25) is 4.79 Å². The van der Waals surface area contributed by atoms with Crippen LogP contribution < -0.4 is 5.32 Å². The molecule has 3 rings (SSSR count). The molecule has 0 saturated carbocycles. The fourth-order valence-electron chi connectivity index (χ4n) is 2.66. The Kier molecular flexibility index (Phi) is 4.62. The summed E-state index contributed by atoms with van der Waals surface area (Å²) in [6.45, 7) is 4.03. The molecule has 24 heavy (non-hydrogen) atoms. The third-order valence-corrected chi connectivity index (χ3v) is 3.64. The van der Waals surface area contributed by atoms with Crippen molar-refractivity contribution in [2.45, 2.75) is 13.8 Å². The Labute approximate surface area is 141 Å². The quantitative estimate of drug-likeness (QED) is 0.682. The summed E-state index contributed by atoms with van der Waals surface area (Å²) in [5.74, 6) is 0.479. The highest BCUT2D eigenvalue weighted by atomic mass is 16.3. The minimum absolute atomic E-state index is 0.164. The summed E-state index contributed by atoms with van der Waals surface area (Å²) in [7, 11) is 0. The largest absolute Gasteiger partial charge is 0.465 e. The number of benzene rings is 2. The monoisotopic (exact) mass is 317 g/mol. The molecule has 3 heteroatoms. The topological polar surface area (TPSA) is 42.2 Å². The third kappa shape index (κ3) is 3.82. The van der Waals surface area contributed by atoms with E-state index in [1.165, 1.54) is 0 Å². The highest BCUT2D eigenvalue weighted by Gasteiger charge is 2.13. The Morgan fingerprint density at radius 2 is 1.67 bits per heavy atom. The molecule has 0 atom stereocenters. The molecule has 1 amide bonds. The van der Waals surface area contributed by atoms with E-state index < -0.39 is 0 Å². The van der Waals surface area contributed by atoms with Gasteiger partial charge in [0.15, 0.2) is 0 Å². The van der Waals surface area contributed by atoms with Crippen LogP contribution in [0.5, 0.6) is 0 Å². The summed E-state index contributed by atoms with van der Waals surface area (Å²) in [4.78, 5) is 12.8. The predicted molar refractivity (Wildman–Crippen MR) is 97.6 cm³/mol. The Morgan fingerprint density at radius 3 is 2.29 bits per heavy atom. The molecule has 120 valence electrons. The first kappa shape index (κ1) is 15.8. The number of aryl methyl sites for hydroxylation is 2. The predicted octanol–water partition coefficient (Wildman–Crippen LogP) is 5.08. The zero-order valence-corrected chi connectivity index (χ0v) is 13.7. The van der Waals surface area contributed by atoms with Gasteiger partial charge < -0.3 is 9.73 Å². The Bertz CT molecular complexity index is 842. The maximum Gasteiger partial charge on any atom is 0.256 e. The number of hydrogen-bond donors (Lipinski definition) is 1. The first-order valence-corrected chi connectivity index (χ1v) is 7.82. The molecule has 0 saturated heterocycles. The van der Waals surface area contributed by atoms with Crippen molar-refractivity contribution in [1.82, 2.24) is 0 Å². The molecule has 0 spiro atoms. The van der Waals surface area contributed by atoms with Crippen molar-refractivity contribution in [3.8, 4) is 0 Å². The molecule has 0 fully saturated rings. The van der Waals surface area contributed by atoms with Crippen LogP contribution in [0.4, 0.5) is 5.69 Å². The molecule has 0 unspecified atom stereocenters. The van der Waals surface area contributed by atoms with Gasteiger partial charge in [0, 0.05) is 5.69 Å². The molecule has 0 aliphatic carbocycles. The average Bonchev–Trinajstić information content (AvgIpc) is 3.05. The summed E-state index contributed by atoms with van der Waals surface area (Å²) in [6.07, 6.45) is 3.35. The first-order valence-electron chi connectivity index (χ1n) is 7.82. The highest BCUT2D eigenvalue weighted by molar-refractivity contribution is 6.29. The van der Waals surface area contributed by atoms with Crippen LogP contribution >= 0.6 is 0 Å². The van der Waals surface area contributed by atoms with Gasteiger partial charge in [-0.05, 0) is 60.9 Å². The number of rotatable bonds is 4. The van der Waals surface area contributed by atoms with E-state index in [1.807, 2.05) is 62.4 Å². The molecule has 0 bridgehead atoms. The number of carbonyl (C=O) groups is 1. The van der Waals surface area contributed by atoms with Gasteiger partial charge in [0.1, 0.15) is 5.76 Å². The van der Waals surface area contributed by atoms with Crippen molar-refractivity contribution in [2.75, 3.05) is 5.32 Å². The number of anilines is 1. The van der Waals surface area contributed by atoms with Gasteiger partial charge in [0.2, 0.25) is 0 Å². The van der Waals surface area contributed by atoms with Crippen LogP contribution in [0, 0.1) is 13.8 Å². The van der Waals surface area contributed by atoms with E-state index in [9.17, 15) is 4.79 Å². The van der Waals surface area contributed by atoms with Crippen LogP contribution in [0.3, 0.4) is 0 Å². The molecular formula is C21H19NO2. The summed E-state index contributed by atoms with van der Waals surface area (Å²) >= 11 is 0. The van der Waals surface area contributed by atoms with Crippen molar-refractivity contribution in [3.05, 3.63) is 89.4 Å². The lowest BCUT2D eigenvalue weighted by Crippen LogP contribution is -2.13. The third-order valence-electron chi connectivity index (χ3n) is 3.64. The standard InChI is InChI=1S/C21H19NO2/c1-15-11-16(2)13-18(12-15)22-21(23)20(14-19-9-6-10-24-19)17-7-4-3-5-8-17/h3-14H,1-2H3,(H,22,23). The normalized spacial score (nSPS) is 11.3. The maximum atomic E-state index is 12.8. The van der Waals surface area contributed by atoms with Gasteiger partial charge in [0.05, 0.1) is 11.8 Å². The summed E-state index contributed by atoms with van der Waals surface area (Å²) < 4.78 is 5.37. The minimum atomic E-state index is -0.164. The highest BCUT2D eigenvalue weighted by Crippen LogP contribution is 2.22. The fourth-order valence-corrected chi connectivity index (χ4v) is 2.66. The van der Waals surface area contributed by atoms with Crippen molar-refractivity contribution in [3.63, 3.8) is 0 Å². The molecule has 0 aliphatic heterocycles. The second kappa shape index (κ2) is 7.01. The molecule has 1 N–H and O–H groups in total. The molecule has 2 aromatic carbocycles. The fraction of sp³-hybridized carbons (Fsp3) is 0.0952. The van der Waals surface area contributed by atoms with Crippen molar-refractivity contribution >= 4 is 23.2 Å². The zero-order chi connectivity index (χ0) is 16.9. The Hall–Kier alpha value is -3.07. The second-order valence-electron chi connectivity index (χ2n) is 5.77. The second-order valence-corrected chi connectivity index (χ2v) is 5.77. The lowest BCUT2D eigenvalue weighted by molar-refractivity contribution is -0.111. The van der Waals surface area contributed by atoms with E-state index in [0.29, 0.717) is 11.3 Å². The lowest BCUT2D eigenvalue weighted by Gasteiger charge is -2.11. The lowest BCUT2D eigenvalue weighted by atomic mass is 10.0. The van der Waals surface area contributed by atoms with E-state index in [4.69, 9.17) is 4.42 Å². The first-order chi connectivity index (χ1) is 11.6. The van der Waals surface area contributed by atoms with E-state index in [1.54, 1.807) is 18.4 Å². The molecule has 1 heterocycles. The van der Waals surface area contributed by atoms with Crippen LogP contribution in [-0.4, -0.2) is 5.91 Å². The van der Waals surface area contributed by atoms with Gasteiger partial charge in [-0.1, -0.05) is 36.4 Å². The molecule has 0 radical (unpaired) electrons. The van der Waals surface area contributed by atoms with Gasteiger partial charge in [0.25, 0.3) is 5.91 Å². The minimum Gasteiger partial charge on any atom is -0.465 e. The molecule has 3 nitrogen and oxygen atoms in total. The van der Waals surface area contributed by atoms with Crippen molar-refractivity contribution in [1.29, 1.82) is 0 Å². The SMILES string of the molecule is Cc1cc(C)cc(NC(=O)C(=Cc2ccco2)c2ccccc2)c1. The van der Waals surface area contributed by atoms with Gasteiger partial charge in [-0.25, -0.2) is 0 Å². The van der Waals surface area contributed by atoms with Gasteiger partial charge >= 0.3 is 0 Å². The maximum absolute atomic E-state index is 12.8. The van der Waals surface area contributed by atoms with E-state index in [2.05, 4.69) is 11.4 Å². The molecule has 3 aromatic rings. The van der Waals surface area contributed by atoms with E-state index in [0.717, 1.165) is 22.4 Å². The van der Waals surface area contributed by atoms with Crippen LogP contribution in [-0.2, 0) is 4.79 Å². The van der Waals surface area contributed by atoms with Crippen LogP contribution in [0.2, 0.25) is 0 Å². The van der Waals surface area contributed by atoms with Crippen molar-refractivity contribution < 1.29 is 9.21 Å². The Morgan fingerprint density at radius 1 is 0.958 bits per heavy atom. The molecular weight excluding hydrogens is 298 g/mol. The number of carbonyl (C=O) groups excluding carboxylic acids is 1. The van der Waals surface area contributed by atoms with Gasteiger partial charge in [-0.15, -0.1) is 0 Å². The van der Waals surface area contributed by atoms with Crippen molar-refractivity contribution in [2.24, 2.45) is 0 Å². The van der Waals surface area contributed by atoms with E-state index in [-0.39, 0.29) is 5.91 Å². The number of amides is 1. The zero-order valence-electron chi connectivity index (χ0n) is 13.7. The summed E-state index contributed by atoms with van der Waals surface area (Å²) in [5.41, 5.74) is 4.42. The van der Waals surface area contributed by atoms with Crippen LogP contribution in [0.15, 0.2) is 71.3 Å². The average molecular weight is 317 g/mol. The number of furan rings is 1. The molecule has 0 aliphatic rings. The number of nitrogens with one attached hydrogen (secondary N) is 1. The molecule has 1 aromatic heterocycles. The van der Waals surface area contributed by atoms with Gasteiger partial charge in [-0.2, -0.15) is 0 Å². The van der Waals surface area contributed by atoms with Crippen LogP contribution in [0.25, 0.3) is 11.6 Å². The summed E-state index contributed by atoms with van der Waals surface area (Å²) in [6, 6.07) is 19.2.